The third kappa shape index (κ3) is 3.62. The first-order chi connectivity index (χ1) is 9.06. The lowest BCUT2D eigenvalue weighted by Gasteiger charge is -2.05. The van der Waals surface area contributed by atoms with E-state index in [0.717, 1.165) is 12.8 Å². The number of nitrogens with one attached hydrogen (secondary N) is 2. The van der Waals surface area contributed by atoms with E-state index in [0.29, 0.717) is 17.6 Å². The van der Waals surface area contributed by atoms with Crippen molar-refractivity contribution in [3.63, 3.8) is 0 Å². The number of anilines is 1. The second-order valence-corrected chi connectivity index (χ2v) is 4.71. The number of fused-ring (bicyclic) bond motifs is 1. The second-order valence-electron chi connectivity index (χ2n) is 4.36. The molecule has 0 aromatic carbocycles. The third-order valence-electron chi connectivity index (χ3n) is 2.56. The minimum absolute atomic E-state index is 0.0962. The van der Waals surface area contributed by atoms with Crippen molar-refractivity contribution < 1.29 is 4.79 Å². The zero-order valence-electron chi connectivity index (χ0n) is 10.5. The molecule has 0 aliphatic heterocycles. The van der Waals surface area contributed by atoms with Crippen LogP contribution in [-0.2, 0) is 4.79 Å². The van der Waals surface area contributed by atoms with E-state index < -0.39 is 0 Å². The molecule has 2 aromatic heterocycles. The molecule has 8 heteroatoms. The first-order valence-corrected chi connectivity index (χ1v) is 6.36. The first kappa shape index (κ1) is 13.7. The van der Waals surface area contributed by atoms with Crippen LogP contribution in [0.25, 0.3) is 11.2 Å². The van der Waals surface area contributed by atoms with Gasteiger partial charge in [0.2, 0.25) is 11.9 Å². The lowest BCUT2D eigenvalue weighted by Crippen LogP contribution is -2.17. The zero-order chi connectivity index (χ0) is 13.8. The van der Waals surface area contributed by atoms with E-state index in [2.05, 4.69) is 25.3 Å². The van der Waals surface area contributed by atoms with Gasteiger partial charge in [0.05, 0.1) is 6.33 Å². The summed E-state index contributed by atoms with van der Waals surface area (Å²) in [5.74, 6) is 0.00185. The molecule has 0 aliphatic carbocycles. The van der Waals surface area contributed by atoms with Crippen LogP contribution in [0.3, 0.4) is 0 Å². The fraction of sp³-hybridized carbons (Fsp3) is 0.455. The lowest BCUT2D eigenvalue weighted by molar-refractivity contribution is -0.116. The molecule has 19 heavy (non-hydrogen) atoms. The Bertz CT molecular complexity index is 582. The van der Waals surface area contributed by atoms with Gasteiger partial charge in [0.15, 0.2) is 10.8 Å². The predicted octanol–water partition coefficient (Wildman–Crippen LogP) is 1.46. The molecule has 2 rings (SSSR count). The Hall–Kier alpha value is -1.73. The highest BCUT2D eigenvalue weighted by molar-refractivity contribution is 6.33. The highest BCUT2D eigenvalue weighted by Crippen LogP contribution is 2.18. The van der Waals surface area contributed by atoms with Crippen molar-refractivity contribution in [3.8, 4) is 0 Å². The van der Waals surface area contributed by atoms with Gasteiger partial charge in [-0.2, -0.15) is 9.97 Å². The van der Waals surface area contributed by atoms with Crippen molar-refractivity contribution in [1.82, 2.24) is 19.9 Å². The molecule has 2 aromatic rings. The molecule has 0 bridgehead atoms. The molecule has 2 heterocycles. The normalized spacial score (nSPS) is 12.6. The van der Waals surface area contributed by atoms with Gasteiger partial charge in [0, 0.05) is 12.5 Å². The van der Waals surface area contributed by atoms with Crippen molar-refractivity contribution in [2.24, 2.45) is 5.73 Å². The summed E-state index contributed by atoms with van der Waals surface area (Å²) >= 11 is 5.94. The molecule has 0 saturated heterocycles. The molecule has 0 fully saturated rings. The van der Waals surface area contributed by atoms with Crippen LogP contribution in [0.15, 0.2) is 6.33 Å². The van der Waals surface area contributed by atoms with Crippen molar-refractivity contribution in [3.05, 3.63) is 11.5 Å². The Kier molecular flexibility index (Phi) is 4.28. The van der Waals surface area contributed by atoms with Crippen molar-refractivity contribution in [1.29, 1.82) is 0 Å². The SMILES string of the molecule is CC(N)CCCC(=O)Nc1nc(Cl)c2[nH]cnc2n1. The number of aromatic nitrogens is 4. The molecule has 0 spiro atoms. The summed E-state index contributed by atoms with van der Waals surface area (Å²) in [6.45, 7) is 1.91. The molecule has 4 N–H and O–H groups in total. The number of carbonyl (C=O) groups excluding carboxylic acids is 1. The number of carbonyl (C=O) groups is 1. The molecule has 7 nitrogen and oxygen atoms in total. The molecule has 102 valence electrons. The van der Waals surface area contributed by atoms with E-state index in [4.69, 9.17) is 17.3 Å². The second kappa shape index (κ2) is 5.94. The van der Waals surface area contributed by atoms with Crippen molar-refractivity contribution in [2.75, 3.05) is 5.32 Å². The number of hydrogen-bond donors (Lipinski definition) is 3. The molecular formula is C11H15ClN6O. The van der Waals surface area contributed by atoms with Gasteiger partial charge in [-0.25, -0.2) is 4.98 Å². The fourth-order valence-corrected chi connectivity index (χ4v) is 1.84. The third-order valence-corrected chi connectivity index (χ3v) is 2.83. The highest BCUT2D eigenvalue weighted by Gasteiger charge is 2.10. The number of nitrogens with two attached hydrogens (primary N) is 1. The van der Waals surface area contributed by atoms with Gasteiger partial charge in [0.25, 0.3) is 0 Å². The van der Waals surface area contributed by atoms with Crippen LogP contribution in [0.4, 0.5) is 5.95 Å². The molecule has 1 amide bonds. The van der Waals surface area contributed by atoms with Gasteiger partial charge in [-0.15, -0.1) is 0 Å². The van der Waals surface area contributed by atoms with Gasteiger partial charge in [0.1, 0.15) is 5.52 Å². The van der Waals surface area contributed by atoms with Crippen LogP contribution in [0.2, 0.25) is 5.15 Å². The summed E-state index contributed by atoms with van der Waals surface area (Å²) in [5, 5.41) is 2.83. The van der Waals surface area contributed by atoms with Crippen LogP contribution >= 0.6 is 11.6 Å². The van der Waals surface area contributed by atoms with E-state index in [1.165, 1.54) is 6.33 Å². The Morgan fingerprint density at radius 2 is 2.37 bits per heavy atom. The summed E-state index contributed by atoms with van der Waals surface area (Å²) in [6, 6.07) is 0.0962. The number of hydrogen-bond acceptors (Lipinski definition) is 5. The summed E-state index contributed by atoms with van der Waals surface area (Å²) in [7, 11) is 0. The molecule has 1 atom stereocenters. The summed E-state index contributed by atoms with van der Waals surface area (Å²) in [5.41, 5.74) is 6.59. The molecule has 1 unspecified atom stereocenters. The Balaban J connectivity index is 1.98. The summed E-state index contributed by atoms with van der Waals surface area (Å²) in [6.07, 6.45) is 3.37. The summed E-state index contributed by atoms with van der Waals surface area (Å²) in [4.78, 5) is 26.5. The number of amides is 1. The number of imidazole rings is 1. The smallest absolute Gasteiger partial charge is 0.233 e. The minimum atomic E-state index is -0.161. The molecule has 0 saturated carbocycles. The van der Waals surface area contributed by atoms with E-state index in [1.54, 1.807) is 0 Å². The van der Waals surface area contributed by atoms with Crippen LogP contribution in [0.1, 0.15) is 26.2 Å². The standard InChI is InChI=1S/C11H15ClN6O/c1-6(13)3-2-4-7(19)16-11-17-9(12)8-10(18-11)15-5-14-8/h5-6H,2-4,13H2,1H3,(H2,14,15,16,17,18,19). The number of aromatic amines is 1. The number of rotatable bonds is 5. The van der Waals surface area contributed by atoms with Crippen LogP contribution in [0, 0.1) is 0 Å². The van der Waals surface area contributed by atoms with Crippen LogP contribution < -0.4 is 11.1 Å². The van der Waals surface area contributed by atoms with Crippen LogP contribution in [0.5, 0.6) is 0 Å². The lowest BCUT2D eigenvalue weighted by atomic mass is 10.1. The number of nitrogens with zero attached hydrogens (tertiary/aromatic N) is 3. The largest absolute Gasteiger partial charge is 0.341 e. The van der Waals surface area contributed by atoms with Gasteiger partial charge in [-0.1, -0.05) is 11.6 Å². The quantitative estimate of drug-likeness (QED) is 0.719. The Labute approximate surface area is 115 Å². The topological polar surface area (TPSA) is 110 Å². The van der Waals surface area contributed by atoms with Crippen molar-refractivity contribution >= 4 is 34.6 Å². The zero-order valence-corrected chi connectivity index (χ0v) is 11.2. The van der Waals surface area contributed by atoms with Gasteiger partial charge < -0.3 is 10.7 Å². The maximum Gasteiger partial charge on any atom is 0.233 e. The molecule has 0 aliphatic rings. The first-order valence-electron chi connectivity index (χ1n) is 5.98. The molecule has 0 radical (unpaired) electrons. The number of H-pyrrole nitrogens is 1. The van der Waals surface area contributed by atoms with Crippen LogP contribution in [-0.4, -0.2) is 31.9 Å². The summed E-state index contributed by atoms with van der Waals surface area (Å²) < 4.78 is 0. The average Bonchev–Trinajstić information content (AvgIpc) is 2.76. The monoisotopic (exact) mass is 282 g/mol. The van der Waals surface area contributed by atoms with E-state index in [9.17, 15) is 4.79 Å². The van der Waals surface area contributed by atoms with E-state index >= 15 is 0 Å². The average molecular weight is 283 g/mol. The van der Waals surface area contributed by atoms with Crippen molar-refractivity contribution in [2.45, 2.75) is 32.2 Å². The van der Waals surface area contributed by atoms with Gasteiger partial charge >= 0.3 is 0 Å². The van der Waals surface area contributed by atoms with E-state index in [1.807, 2.05) is 6.92 Å². The molecular weight excluding hydrogens is 268 g/mol. The maximum absolute atomic E-state index is 11.7. The van der Waals surface area contributed by atoms with Gasteiger partial charge in [-0.05, 0) is 19.8 Å². The minimum Gasteiger partial charge on any atom is -0.341 e. The highest BCUT2D eigenvalue weighted by atomic mass is 35.5. The number of halogens is 1. The predicted molar refractivity (Wildman–Crippen MR) is 72.8 cm³/mol. The van der Waals surface area contributed by atoms with E-state index in [-0.39, 0.29) is 23.1 Å². The Morgan fingerprint density at radius 3 is 3.11 bits per heavy atom. The fourth-order valence-electron chi connectivity index (χ4n) is 1.63. The Morgan fingerprint density at radius 1 is 1.58 bits per heavy atom. The van der Waals surface area contributed by atoms with Gasteiger partial charge in [-0.3, -0.25) is 10.1 Å². The maximum atomic E-state index is 11.7.